The molecule has 3 aromatic rings. The highest BCUT2D eigenvalue weighted by Crippen LogP contribution is 2.22. The van der Waals surface area contributed by atoms with Crippen LogP contribution in [0.2, 0.25) is 5.02 Å². The van der Waals surface area contributed by atoms with E-state index in [-0.39, 0.29) is 24.9 Å². The van der Waals surface area contributed by atoms with Crippen molar-refractivity contribution in [1.29, 1.82) is 0 Å². The lowest BCUT2D eigenvalue weighted by atomic mass is 10.3. The second-order valence-corrected chi connectivity index (χ2v) is 8.24. The molecule has 0 aliphatic rings. The minimum absolute atomic E-state index is 0.0314. The molecule has 0 bridgehead atoms. The van der Waals surface area contributed by atoms with Crippen molar-refractivity contribution in [3.8, 4) is 0 Å². The number of thiazole rings is 1. The number of carbonyl (C=O) groups excluding carboxylic acids is 2. The molecule has 146 valence electrons. The molecular weight excluding hydrogens is 396 g/mol. The summed E-state index contributed by atoms with van der Waals surface area (Å²) in [7, 11) is 3.58. The molecule has 0 aliphatic heterocycles. The molecule has 0 saturated heterocycles. The Morgan fingerprint density at radius 2 is 1.86 bits per heavy atom. The minimum atomic E-state index is -0.151. The van der Waals surface area contributed by atoms with E-state index in [4.69, 9.17) is 11.6 Å². The first-order valence-corrected chi connectivity index (χ1v) is 10.1. The molecule has 6 nitrogen and oxygen atoms in total. The van der Waals surface area contributed by atoms with Gasteiger partial charge in [-0.05, 0) is 36.4 Å². The normalized spacial score (nSPS) is 12.0. The second-order valence-electron chi connectivity index (χ2n) is 6.69. The lowest BCUT2D eigenvalue weighted by Gasteiger charge is -2.19. The third kappa shape index (κ3) is 5.51. The lowest BCUT2D eigenvalue weighted by molar-refractivity contribution is -0.862. The number of anilines is 1. The Morgan fingerprint density at radius 1 is 1.14 bits per heavy atom. The number of benzene rings is 2. The molecule has 3 rings (SSSR count). The Bertz CT molecular complexity index is 941. The van der Waals surface area contributed by atoms with E-state index in [0.29, 0.717) is 17.3 Å². The Hall–Kier alpha value is -2.48. The van der Waals surface area contributed by atoms with Gasteiger partial charge in [-0.1, -0.05) is 23.7 Å². The van der Waals surface area contributed by atoms with E-state index in [0.717, 1.165) is 20.1 Å². The summed E-state index contributed by atoms with van der Waals surface area (Å²) >= 11 is 7.43. The van der Waals surface area contributed by atoms with Crippen LogP contribution in [0, 0.1) is 0 Å². The van der Waals surface area contributed by atoms with Gasteiger partial charge in [0.15, 0.2) is 13.1 Å². The molecule has 0 fully saturated rings. The van der Waals surface area contributed by atoms with Crippen LogP contribution in [-0.4, -0.2) is 48.9 Å². The SMILES string of the molecule is CN(Cc1nc2ccccc2s1)C(=O)C[NH+](C)CC(=O)Nc1ccc(Cl)cc1. The van der Waals surface area contributed by atoms with Crippen molar-refractivity contribution in [3.63, 3.8) is 0 Å². The van der Waals surface area contributed by atoms with Crippen molar-refractivity contribution in [1.82, 2.24) is 9.88 Å². The summed E-state index contributed by atoms with van der Waals surface area (Å²) in [6.45, 7) is 0.890. The smallest absolute Gasteiger partial charge is 0.279 e. The number of nitrogens with one attached hydrogen (secondary N) is 2. The average molecular weight is 418 g/mol. The highest BCUT2D eigenvalue weighted by molar-refractivity contribution is 7.18. The number of hydrogen-bond donors (Lipinski definition) is 2. The predicted octanol–water partition coefficient (Wildman–Crippen LogP) is 2.06. The van der Waals surface area contributed by atoms with Gasteiger partial charge in [-0.25, -0.2) is 4.98 Å². The van der Waals surface area contributed by atoms with E-state index in [1.165, 1.54) is 0 Å². The molecule has 0 spiro atoms. The van der Waals surface area contributed by atoms with Gasteiger partial charge < -0.3 is 15.1 Å². The number of amides is 2. The summed E-state index contributed by atoms with van der Waals surface area (Å²) in [5, 5.41) is 4.32. The Labute approximate surface area is 172 Å². The highest BCUT2D eigenvalue weighted by atomic mass is 35.5. The largest absolute Gasteiger partial charge is 0.334 e. The van der Waals surface area contributed by atoms with Gasteiger partial charge in [-0.15, -0.1) is 11.3 Å². The average Bonchev–Trinajstić information content (AvgIpc) is 3.05. The van der Waals surface area contributed by atoms with Crippen LogP contribution in [0.25, 0.3) is 10.2 Å². The summed E-state index contributed by atoms with van der Waals surface area (Å²) < 4.78 is 1.11. The molecule has 0 aliphatic carbocycles. The van der Waals surface area contributed by atoms with Crippen molar-refractivity contribution >= 4 is 50.7 Å². The topological polar surface area (TPSA) is 66.7 Å². The molecular formula is C20H22ClN4O2S+. The number of fused-ring (bicyclic) bond motifs is 1. The number of hydrogen-bond acceptors (Lipinski definition) is 4. The zero-order valence-electron chi connectivity index (χ0n) is 15.7. The third-order valence-corrected chi connectivity index (χ3v) is 5.45. The summed E-state index contributed by atoms with van der Waals surface area (Å²) in [5.41, 5.74) is 1.63. The fraction of sp³-hybridized carbons (Fsp3) is 0.250. The molecule has 1 aromatic heterocycles. The van der Waals surface area contributed by atoms with E-state index in [2.05, 4.69) is 10.3 Å². The summed E-state index contributed by atoms with van der Waals surface area (Å²) in [5.74, 6) is -0.183. The number of nitrogens with zero attached hydrogens (tertiary/aromatic N) is 2. The molecule has 2 N–H and O–H groups in total. The quantitative estimate of drug-likeness (QED) is 0.618. The minimum Gasteiger partial charge on any atom is -0.334 e. The van der Waals surface area contributed by atoms with Crippen molar-refractivity contribution in [2.24, 2.45) is 0 Å². The van der Waals surface area contributed by atoms with Gasteiger partial charge in [0, 0.05) is 17.8 Å². The fourth-order valence-corrected chi connectivity index (χ4v) is 3.89. The first kappa shape index (κ1) is 20.3. The third-order valence-electron chi connectivity index (χ3n) is 4.18. The van der Waals surface area contributed by atoms with Crippen LogP contribution in [-0.2, 0) is 16.1 Å². The molecule has 2 amide bonds. The van der Waals surface area contributed by atoms with Crippen LogP contribution in [0.15, 0.2) is 48.5 Å². The van der Waals surface area contributed by atoms with E-state index >= 15 is 0 Å². The zero-order valence-corrected chi connectivity index (χ0v) is 17.3. The van der Waals surface area contributed by atoms with Gasteiger partial charge in [0.05, 0.1) is 23.8 Å². The van der Waals surface area contributed by atoms with Gasteiger partial charge in [-0.2, -0.15) is 0 Å². The molecule has 0 saturated carbocycles. The number of halogens is 1. The van der Waals surface area contributed by atoms with E-state index in [1.807, 2.05) is 31.3 Å². The van der Waals surface area contributed by atoms with Gasteiger partial charge in [0.25, 0.3) is 11.8 Å². The highest BCUT2D eigenvalue weighted by Gasteiger charge is 2.18. The first-order chi connectivity index (χ1) is 13.4. The Balaban J connectivity index is 1.48. The van der Waals surface area contributed by atoms with Crippen LogP contribution < -0.4 is 10.2 Å². The Kier molecular flexibility index (Phi) is 6.61. The van der Waals surface area contributed by atoms with E-state index < -0.39 is 0 Å². The summed E-state index contributed by atoms with van der Waals surface area (Å²) in [4.78, 5) is 31.7. The molecule has 1 heterocycles. The number of quaternary nitrogens is 1. The monoisotopic (exact) mass is 417 g/mol. The number of para-hydroxylation sites is 1. The maximum Gasteiger partial charge on any atom is 0.279 e. The van der Waals surface area contributed by atoms with Gasteiger partial charge in [0.2, 0.25) is 0 Å². The summed E-state index contributed by atoms with van der Waals surface area (Å²) in [6.07, 6.45) is 0. The van der Waals surface area contributed by atoms with Crippen LogP contribution in [0.5, 0.6) is 0 Å². The number of carbonyl (C=O) groups is 2. The van der Waals surface area contributed by atoms with Crippen LogP contribution in [0.3, 0.4) is 0 Å². The maximum atomic E-state index is 12.5. The first-order valence-electron chi connectivity index (χ1n) is 8.86. The van der Waals surface area contributed by atoms with Crippen molar-refractivity contribution in [2.45, 2.75) is 6.54 Å². The van der Waals surface area contributed by atoms with E-state index in [1.54, 1.807) is 47.5 Å². The standard InChI is InChI=1S/C20H21ClN4O2S/c1-24(11-18(26)22-15-9-7-14(21)8-10-15)13-20(27)25(2)12-19-23-16-5-3-4-6-17(16)28-19/h3-10H,11-13H2,1-2H3,(H,22,26)/p+1. The molecule has 28 heavy (non-hydrogen) atoms. The fourth-order valence-electron chi connectivity index (χ4n) is 2.75. The zero-order chi connectivity index (χ0) is 20.1. The Morgan fingerprint density at radius 3 is 2.57 bits per heavy atom. The molecule has 0 radical (unpaired) electrons. The van der Waals surface area contributed by atoms with Gasteiger partial charge in [0.1, 0.15) is 5.01 Å². The maximum absolute atomic E-state index is 12.5. The van der Waals surface area contributed by atoms with Gasteiger partial charge in [-0.3, -0.25) is 9.59 Å². The van der Waals surface area contributed by atoms with Crippen LogP contribution in [0.1, 0.15) is 5.01 Å². The van der Waals surface area contributed by atoms with Crippen molar-refractivity contribution in [2.75, 3.05) is 32.5 Å². The molecule has 8 heteroatoms. The summed E-state index contributed by atoms with van der Waals surface area (Å²) in [6, 6.07) is 14.8. The molecule has 1 atom stereocenters. The van der Waals surface area contributed by atoms with Crippen LogP contribution >= 0.6 is 22.9 Å². The number of likely N-dealkylation sites (N-methyl/N-ethyl adjacent to an activating group) is 2. The number of aromatic nitrogens is 1. The lowest BCUT2D eigenvalue weighted by Crippen LogP contribution is -3.11. The number of rotatable bonds is 7. The van der Waals surface area contributed by atoms with Gasteiger partial charge >= 0.3 is 0 Å². The molecule has 2 aromatic carbocycles. The van der Waals surface area contributed by atoms with E-state index in [9.17, 15) is 9.59 Å². The molecule has 1 unspecified atom stereocenters. The predicted molar refractivity (Wildman–Crippen MR) is 113 cm³/mol. The van der Waals surface area contributed by atoms with Crippen molar-refractivity contribution < 1.29 is 14.5 Å². The van der Waals surface area contributed by atoms with Crippen LogP contribution in [0.4, 0.5) is 5.69 Å². The second kappa shape index (κ2) is 9.14. The van der Waals surface area contributed by atoms with Crippen molar-refractivity contribution in [3.05, 3.63) is 58.6 Å².